The van der Waals surface area contributed by atoms with Gasteiger partial charge in [-0.15, -0.1) is 0 Å². The van der Waals surface area contributed by atoms with Gasteiger partial charge in [-0.1, -0.05) is 23.4 Å². The number of hydrogen-bond donors (Lipinski definition) is 2. The fourth-order valence-electron chi connectivity index (χ4n) is 4.89. The predicted molar refractivity (Wildman–Crippen MR) is 106 cm³/mol. The average Bonchev–Trinajstić information content (AvgIpc) is 3.23. The maximum atomic E-state index is 13.1. The number of piperidine rings is 1. The summed E-state index contributed by atoms with van der Waals surface area (Å²) in [7, 11) is -3.60. The molecule has 1 aromatic carbocycles. The highest BCUT2D eigenvalue weighted by molar-refractivity contribution is 7.89. The van der Waals surface area contributed by atoms with E-state index in [1.165, 1.54) is 16.6 Å². The third-order valence-electron chi connectivity index (χ3n) is 6.27. The number of hydrogen-bond acceptors (Lipinski definition) is 5. The lowest BCUT2D eigenvalue weighted by molar-refractivity contribution is 0.180. The lowest BCUT2D eigenvalue weighted by Gasteiger charge is -2.44. The van der Waals surface area contributed by atoms with Crippen LogP contribution in [0.5, 0.6) is 0 Å². The average molecular weight is 401 g/mol. The topological polar surface area (TPSA) is 91.2 Å². The van der Waals surface area contributed by atoms with E-state index in [4.69, 9.17) is 4.52 Å². The number of benzene rings is 1. The maximum Gasteiger partial charge on any atom is 0.248 e. The molecule has 148 valence electrons. The van der Waals surface area contributed by atoms with Gasteiger partial charge in [0.15, 0.2) is 5.76 Å². The molecule has 28 heavy (non-hydrogen) atoms. The van der Waals surface area contributed by atoms with Crippen LogP contribution in [0, 0.1) is 13.8 Å². The van der Waals surface area contributed by atoms with Gasteiger partial charge >= 0.3 is 0 Å². The summed E-state index contributed by atoms with van der Waals surface area (Å²) in [5.74, 6) is 0.353. The van der Waals surface area contributed by atoms with Gasteiger partial charge in [-0.05, 0) is 44.7 Å². The molecule has 8 heteroatoms. The molecule has 0 bridgehead atoms. The smallest absolute Gasteiger partial charge is 0.248 e. The van der Waals surface area contributed by atoms with Crippen molar-refractivity contribution in [2.75, 3.05) is 19.6 Å². The molecule has 0 aliphatic carbocycles. The van der Waals surface area contributed by atoms with E-state index in [0.29, 0.717) is 24.5 Å². The SMILES string of the molecule is Cc1noc(C)c1S(=O)(=O)N1CCC2(CC1)NCCc1c2[nH]c2ccccc12. The predicted octanol–water partition coefficient (Wildman–Crippen LogP) is 2.60. The highest BCUT2D eigenvalue weighted by atomic mass is 32.2. The Hall–Kier alpha value is -2.16. The standard InChI is InChI=1S/C20H24N4O3S/c1-13-18(14(2)27-23-13)28(25,26)24-11-8-20(9-12-24)19-16(7-10-21-20)15-5-3-4-6-17(15)22-19/h3-6,21-22H,7-12H2,1-2H3. The summed E-state index contributed by atoms with van der Waals surface area (Å²) in [6.45, 7) is 5.17. The van der Waals surface area contributed by atoms with Crippen LogP contribution >= 0.6 is 0 Å². The molecule has 1 spiro atoms. The Morgan fingerprint density at radius 2 is 1.93 bits per heavy atom. The monoisotopic (exact) mass is 400 g/mol. The summed E-state index contributed by atoms with van der Waals surface area (Å²) >= 11 is 0. The number of H-pyrrole nitrogens is 1. The minimum atomic E-state index is -3.60. The molecule has 3 aromatic rings. The molecule has 1 saturated heterocycles. The fraction of sp³-hybridized carbons (Fsp3) is 0.450. The van der Waals surface area contributed by atoms with Crippen LogP contribution in [0.15, 0.2) is 33.7 Å². The van der Waals surface area contributed by atoms with Crippen molar-refractivity contribution in [2.24, 2.45) is 0 Å². The van der Waals surface area contributed by atoms with E-state index in [2.05, 4.69) is 33.7 Å². The Balaban J connectivity index is 1.47. The van der Waals surface area contributed by atoms with Gasteiger partial charge in [-0.3, -0.25) is 0 Å². The molecule has 0 unspecified atom stereocenters. The number of aryl methyl sites for hydroxylation is 2. The van der Waals surface area contributed by atoms with Gasteiger partial charge in [0, 0.05) is 36.2 Å². The van der Waals surface area contributed by atoms with Crippen molar-refractivity contribution in [1.82, 2.24) is 19.8 Å². The quantitative estimate of drug-likeness (QED) is 0.690. The van der Waals surface area contributed by atoms with Gasteiger partial charge in [-0.2, -0.15) is 4.31 Å². The molecular formula is C20H24N4O3S. The molecule has 2 aliphatic heterocycles. The molecule has 2 aromatic heterocycles. The van der Waals surface area contributed by atoms with Crippen molar-refractivity contribution in [3.05, 3.63) is 47.0 Å². The number of fused-ring (bicyclic) bond motifs is 4. The van der Waals surface area contributed by atoms with E-state index in [-0.39, 0.29) is 10.4 Å². The normalized spacial score (nSPS) is 19.9. The van der Waals surface area contributed by atoms with Gasteiger partial charge in [0.25, 0.3) is 0 Å². The number of nitrogens with zero attached hydrogens (tertiary/aromatic N) is 2. The molecule has 0 saturated carbocycles. The second kappa shape index (κ2) is 6.17. The van der Waals surface area contributed by atoms with Crippen molar-refractivity contribution >= 4 is 20.9 Å². The van der Waals surface area contributed by atoms with Crippen molar-refractivity contribution in [1.29, 1.82) is 0 Å². The third kappa shape index (κ3) is 2.48. The summed E-state index contributed by atoms with van der Waals surface area (Å²) in [5, 5.41) is 8.80. The summed E-state index contributed by atoms with van der Waals surface area (Å²) in [4.78, 5) is 3.83. The summed E-state index contributed by atoms with van der Waals surface area (Å²) in [6, 6.07) is 8.40. The molecule has 5 rings (SSSR count). The molecule has 7 nitrogen and oxygen atoms in total. The van der Waals surface area contributed by atoms with E-state index in [0.717, 1.165) is 31.3 Å². The van der Waals surface area contributed by atoms with Crippen molar-refractivity contribution < 1.29 is 12.9 Å². The highest BCUT2D eigenvalue weighted by Crippen LogP contribution is 2.41. The van der Waals surface area contributed by atoms with E-state index in [9.17, 15) is 8.42 Å². The Labute approximate surface area is 164 Å². The number of aromatic amines is 1. The largest absolute Gasteiger partial charge is 0.360 e. The number of sulfonamides is 1. The van der Waals surface area contributed by atoms with Crippen LogP contribution < -0.4 is 5.32 Å². The third-order valence-corrected chi connectivity index (χ3v) is 8.42. The van der Waals surface area contributed by atoms with E-state index in [1.807, 2.05) is 6.07 Å². The second-order valence-electron chi connectivity index (χ2n) is 7.84. The lowest BCUT2D eigenvalue weighted by Crippen LogP contribution is -2.55. The number of aromatic nitrogens is 2. The Bertz CT molecular complexity index is 1130. The van der Waals surface area contributed by atoms with Crippen LogP contribution in [0.2, 0.25) is 0 Å². The highest BCUT2D eigenvalue weighted by Gasteiger charge is 2.44. The molecule has 4 heterocycles. The molecule has 2 N–H and O–H groups in total. The molecule has 1 fully saturated rings. The van der Waals surface area contributed by atoms with Crippen molar-refractivity contribution in [3.63, 3.8) is 0 Å². The molecule has 0 atom stereocenters. The van der Waals surface area contributed by atoms with E-state index >= 15 is 0 Å². The maximum absolute atomic E-state index is 13.1. The first-order valence-corrected chi connectivity index (χ1v) is 11.1. The lowest BCUT2D eigenvalue weighted by atomic mass is 9.80. The number of rotatable bonds is 2. The Morgan fingerprint density at radius 1 is 1.18 bits per heavy atom. The van der Waals surface area contributed by atoms with Gasteiger partial charge in [0.05, 0.1) is 5.54 Å². The van der Waals surface area contributed by atoms with Gasteiger partial charge < -0.3 is 14.8 Å². The van der Waals surface area contributed by atoms with Crippen LogP contribution in [0.4, 0.5) is 0 Å². The first-order valence-electron chi connectivity index (χ1n) is 9.70. The minimum Gasteiger partial charge on any atom is -0.360 e. The van der Waals surface area contributed by atoms with Crippen LogP contribution in [-0.2, 0) is 22.0 Å². The van der Waals surface area contributed by atoms with E-state index in [1.54, 1.807) is 18.2 Å². The first-order chi connectivity index (χ1) is 13.4. The van der Waals surface area contributed by atoms with Crippen LogP contribution in [-0.4, -0.2) is 42.5 Å². The zero-order valence-corrected chi connectivity index (χ0v) is 16.9. The first kappa shape index (κ1) is 17.9. The molecule has 2 aliphatic rings. The van der Waals surface area contributed by atoms with Crippen LogP contribution in [0.1, 0.15) is 35.6 Å². The van der Waals surface area contributed by atoms with Crippen molar-refractivity contribution in [3.8, 4) is 0 Å². The zero-order chi connectivity index (χ0) is 19.5. The number of para-hydroxylation sites is 1. The Kier molecular flexibility index (Phi) is 3.94. The van der Waals surface area contributed by atoms with Gasteiger partial charge in [-0.25, -0.2) is 8.42 Å². The Morgan fingerprint density at radius 3 is 2.64 bits per heavy atom. The van der Waals surface area contributed by atoms with Crippen LogP contribution in [0.3, 0.4) is 0 Å². The molecular weight excluding hydrogens is 376 g/mol. The van der Waals surface area contributed by atoms with Gasteiger partial charge in [0.1, 0.15) is 10.6 Å². The summed E-state index contributed by atoms with van der Waals surface area (Å²) < 4.78 is 33.0. The van der Waals surface area contributed by atoms with Crippen LogP contribution in [0.25, 0.3) is 10.9 Å². The zero-order valence-electron chi connectivity index (χ0n) is 16.1. The molecule has 0 radical (unpaired) electrons. The fourth-order valence-corrected chi connectivity index (χ4v) is 6.62. The van der Waals surface area contributed by atoms with Crippen molar-refractivity contribution in [2.45, 2.75) is 43.5 Å². The summed E-state index contributed by atoms with van der Waals surface area (Å²) in [6.07, 6.45) is 2.45. The second-order valence-corrected chi connectivity index (χ2v) is 9.72. The van der Waals surface area contributed by atoms with Gasteiger partial charge in [0.2, 0.25) is 10.0 Å². The molecule has 0 amide bonds. The summed E-state index contributed by atoms with van der Waals surface area (Å²) in [5.41, 5.74) is 3.98. The minimum absolute atomic E-state index is 0.197. The van der Waals surface area contributed by atoms with E-state index < -0.39 is 10.0 Å². The number of nitrogens with one attached hydrogen (secondary N) is 2.